The molecule has 0 radical (unpaired) electrons. The maximum atomic E-state index is 12.1. The highest BCUT2D eigenvalue weighted by atomic mass is 16.5. The molecule has 0 fully saturated rings. The quantitative estimate of drug-likeness (QED) is 0.560. The first-order chi connectivity index (χ1) is 11.6. The van der Waals surface area contributed by atoms with Crippen molar-refractivity contribution in [2.24, 2.45) is 0 Å². The van der Waals surface area contributed by atoms with Crippen LogP contribution < -0.4 is 15.4 Å². The monoisotopic (exact) mass is 323 g/mol. The van der Waals surface area contributed by atoms with Gasteiger partial charge in [-0.3, -0.25) is 4.79 Å². The van der Waals surface area contributed by atoms with Crippen molar-refractivity contribution in [3.63, 3.8) is 0 Å². The molecule has 6 nitrogen and oxygen atoms in total. The van der Waals surface area contributed by atoms with Crippen LogP contribution in [-0.4, -0.2) is 17.6 Å². The van der Waals surface area contributed by atoms with Crippen molar-refractivity contribution < 1.29 is 14.6 Å². The molecular formula is C18H17N3O3. The van der Waals surface area contributed by atoms with Gasteiger partial charge in [0.2, 0.25) is 0 Å². The maximum Gasteiger partial charge on any atom is 0.267 e. The molecule has 0 spiro atoms. The first kappa shape index (κ1) is 16.9. The normalized spacial score (nSPS) is 10.6. The number of carbonyl (C=O) groups excluding carboxylic acids is 1. The van der Waals surface area contributed by atoms with E-state index in [1.165, 1.54) is 18.3 Å². The summed E-state index contributed by atoms with van der Waals surface area (Å²) in [5.74, 6) is 0.207. The van der Waals surface area contributed by atoms with E-state index in [1.807, 2.05) is 13.0 Å². The number of rotatable bonds is 6. The van der Waals surface area contributed by atoms with Crippen LogP contribution in [0.5, 0.6) is 11.5 Å². The molecule has 2 aromatic carbocycles. The molecule has 0 aliphatic rings. The summed E-state index contributed by atoms with van der Waals surface area (Å²) in [7, 11) is 0. The molecule has 0 aliphatic carbocycles. The van der Waals surface area contributed by atoms with Crippen molar-refractivity contribution in [3.8, 4) is 17.6 Å². The molecule has 0 unspecified atom stereocenters. The molecule has 3 N–H and O–H groups in total. The van der Waals surface area contributed by atoms with Gasteiger partial charge in [-0.25, -0.2) is 0 Å². The predicted octanol–water partition coefficient (Wildman–Crippen LogP) is 3.25. The second kappa shape index (κ2) is 8.25. The van der Waals surface area contributed by atoms with Gasteiger partial charge in [-0.05, 0) is 43.3 Å². The van der Waals surface area contributed by atoms with E-state index < -0.39 is 5.91 Å². The highest BCUT2D eigenvalue weighted by Crippen LogP contribution is 2.17. The van der Waals surface area contributed by atoms with Crippen LogP contribution in [0, 0.1) is 11.3 Å². The van der Waals surface area contributed by atoms with Gasteiger partial charge in [0.15, 0.2) is 0 Å². The highest BCUT2D eigenvalue weighted by Gasteiger charge is 2.09. The molecule has 0 atom stereocenters. The molecule has 0 saturated carbocycles. The van der Waals surface area contributed by atoms with Gasteiger partial charge in [0.1, 0.15) is 23.1 Å². The summed E-state index contributed by atoms with van der Waals surface area (Å²) < 4.78 is 5.34. The SMILES string of the molecule is CCOc1ccc(N/C=C(/C#N)C(=O)Nc2cccc(O)c2)cc1. The summed E-state index contributed by atoms with van der Waals surface area (Å²) in [6.45, 7) is 2.49. The molecule has 6 heteroatoms. The molecule has 1 amide bonds. The van der Waals surface area contributed by atoms with Gasteiger partial charge >= 0.3 is 0 Å². The smallest absolute Gasteiger partial charge is 0.267 e. The maximum absolute atomic E-state index is 12.1. The van der Waals surface area contributed by atoms with E-state index in [-0.39, 0.29) is 11.3 Å². The standard InChI is InChI=1S/C18H17N3O3/c1-2-24-17-8-6-14(7-9-17)20-12-13(11-19)18(23)21-15-4-3-5-16(22)10-15/h3-10,12,20,22H,2H2,1H3,(H,21,23)/b13-12-. The number of nitrogens with one attached hydrogen (secondary N) is 2. The Balaban J connectivity index is 2.03. The fourth-order valence-electron chi connectivity index (χ4n) is 1.90. The Morgan fingerprint density at radius 2 is 2.00 bits per heavy atom. The van der Waals surface area contributed by atoms with Crippen LogP contribution in [0.25, 0.3) is 0 Å². The largest absolute Gasteiger partial charge is 0.508 e. The van der Waals surface area contributed by atoms with E-state index in [0.717, 1.165) is 11.4 Å². The molecule has 0 aromatic heterocycles. The van der Waals surface area contributed by atoms with E-state index in [9.17, 15) is 9.90 Å². The topological polar surface area (TPSA) is 94.4 Å². The van der Waals surface area contributed by atoms with E-state index in [0.29, 0.717) is 12.3 Å². The van der Waals surface area contributed by atoms with Gasteiger partial charge in [-0.1, -0.05) is 6.07 Å². The Morgan fingerprint density at radius 3 is 2.62 bits per heavy atom. The number of ether oxygens (including phenoxy) is 1. The Kier molecular flexibility index (Phi) is 5.81. The van der Waals surface area contributed by atoms with Crippen LogP contribution in [0.3, 0.4) is 0 Å². The Labute approximate surface area is 140 Å². The first-order valence-electron chi connectivity index (χ1n) is 7.32. The molecule has 24 heavy (non-hydrogen) atoms. The van der Waals surface area contributed by atoms with E-state index in [4.69, 9.17) is 10.00 Å². The summed E-state index contributed by atoms with van der Waals surface area (Å²) in [5, 5.41) is 24.0. The minimum absolute atomic E-state index is 0.0304. The highest BCUT2D eigenvalue weighted by molar-refractivity contribution is 6.06. The lowest BCUT2D eigenvalue weighted by atomic mass is 10.2. The van der Waals surface area contributed by atoms with Crippen molar-refractivity contribution in [3.05, 3.63) is 60.3 Å². The lowest BCUT2D eigenvalue weighted by molar-refractivity contribution is -0.112. The number of hydrogen-bond acceptors (Lipinski definition) is 5. The Bertz CT molecular complexity index is 777. The molecule has 0 heterocycles. The van der Waals surface area contributed by atoms with E-state index >= 15 is 0 Å². The molecule has 0 saturated heterocycles. The average molecular weight is 323 g/mol. The number of nitrogens with zero attached hydrogens (tertiary/aromatic N) is 1. The lowest BCUT2D eigenvalue weighted by Gasteiger charge is -2.06. The second-order valence-corrected chi connectivity index (χ2v) is 4.78. The van der Waals surface area contributed by atoms with E-state index in [1.54, 1.807) is 36.4 Å². The number of aromatic hydroxyl groups is 1. The van der Waals surface area contributed by atoms with Crippen LogP contribution in [0.2, 0.25) is 0 Å². The summed E-state index contributed by atoms with van der Waals surface area (Å²) in [4.78, 5) is 12.1. The van der Waals surface area contributed by atoms with Gasteiger partial charge < -0.3 is 20.5 Å². The number of phenolic OH excluding ortho intramolecular Hbond substituents is 1. The third kappa shape index (κ3) is 4.78. The van der Waals surface area contributed by atoms with Crippen LogP contribution in [-0.2, 0) is 4.79 Å². The predicted molar refractivity (Wildman–Crippen MR) is 91.7 cm³/mol. The zero-order valence-corrected chi connectivity index (χ0v) is 13.1. The number of hydrogen-bond donors (Lipinski definition) is 3. The number of carbonyl (C=O) groups is 1. The molecule has 122 valence electrons. The molecule has 0 aliphatic heterocycles. The molecular weight excluding hydrogens is 306 g/mol. The van der Waals surface area contributed by atoms with Gasteiger partial charge in [0.05, 0.1) is 6.61 Å². The summed E-state index contributed by atoms with van der Waals surface area (Å²) in [5.41, 5.74) is 1.03. The lowest BCUT2D eigenvalue weighted by Crippen LogP contribution is -2.14. The van der Waals surface area contributed by atoms with E-state index in [2.05, 4.69) is 10.6 Å². The zero-order valence-electron chi connectivity index (χ0n) is 13.1. The van der Waals surface area contributed by atoms with Crippen molar-refractivity contribution >= 4 is 17.3 Å². The second-order valence-electron chi connectivity index (χ2n) is 4.78. The Hall–Kier alpha value is -3.46. The summed E-state index contributed by atoms with van der Waals surface area (Å²) in [6, 6.07) is 15.1. The molecule has 2 aromatic rings. The average Bonchev–Trinajstić information content (AvgIpc) is 2.57. The van der Waals surface area contributed by atoms with Crippen molar-refractivity contribution in [2.45, 2.75) is 6.92 Å². The minimum atomic E-state index is -0.568. The Morgan fingerprint density at radius 1 is 1.25 bits per heavy atom. The fraction of sp³-hybridized carbons (Fsp3) is 0.111. The number of anilines is 2. The van der Waals surface area contributed by atoms with Gasteiger partial charge in [0, 0.05) is 23.6 Å². The number of phenols is 1. The van der Waals surface area contributed by atoms with Crippen molar-refractivity contribution in [1.29, 1.82) is 5.26 Å². The summed E-state index contributed by atoms with van der Waals surface area (Å²) >= 11 is 0. The molecule has 2 rings (SSSR count). The van der Waals surface area contributed by atoms with Crippen LogP contribution in [0.1, 0.15) is 6.92 Å². The van der Waals surface area contributed by atoms with Crippen molar-refractivity contribution in [1.82, 2.24) is 0 Å². The van der Waals surface area contributed by atoms with Crippen LogP contribution in [0.15, 0.2) is 60.3 Å². The third-order valence-electron chi connectivity index (χ3n) is 3.02. The van der Waals surface area contributed by atoms with Gasteiger partial charge in [-0.2, -0.15) is 5.26 Å². The number of amides is 1. The molecule has 0 bridgehead atoms. The zero-order chi connectivity index (χ0) is 17.4. The number of benzene rings is 2. The fourth-order valence-corrected chi connectivity index (χ4v) is 1.90. The third-order valence-corrected chi connectivity index (χ3v) is 3.02. The van der Waals surface area contributed by atoms with Gasteiger partial charge in [0.25, 0.3) is 5.91 Å². The summed E-state index contributed by atoms with van der Waals surface area (Å²) in [6.07, 6.45) is 1.33. The minimum Gasteiger partial charge on any atom is -0.508 e. The first-order valence-corrected chi connectivity index (χ1v) is 7.32. The number of nitriles is 1. The van der Waals surface area contributed by atoms with Crippen molar-refractivity contribution in [2.75, 3.05) is 17.2 Å². The van der Waals surface area contributed by atoms with Gasteiger partial charge in [-0.15, -0.1) is 0 Å². The van der Waals surface area contributed by atoms with Crippen LogP contribution >= 0.6 is 0 Å². The van der Waals surface area contributed by atoms with Crippen LogP contribution in [0.4, 0.5) is 11.4 Å².